The summed E-state index contributed by atoms with van der Waals surface area (Å²) < 4.78 is 31.9. The summed E-state index contributed by atoms with van der Waals surface area (Å²) in [5.74, 6) is -7.64. The molecule has 2 aromatic heterocycles. The lowest BCUT2D eigenvalue weighted by Crippen LogP contribution is -2.39. The Balaban J connectivity index is 2.34. The van der Waals surface area contributed by atoms with Crippen LogP contribution in [0.5, 0.6) is 0 Å². The van der Waals surface area contributed by atoms with Crippen LogP contribution in [0.2, 0.25) is 0 Å². The molecule has 0 spiro atoms. The Morgan fingerprint density at radius 2 is 2.21 bits per heavy atom. The molecule has 100 valence electrons. The number of thiophene rings is 1. The Morgan fingerprint density at radius 3 is 2.89 bits per heavy atom. The van der Waals surface area contributed by atoms with Crippen LogP contribution in [0, 0.1) is 0 Å². The van der Waals surface area contributed by atoms with Crippen molar-refractivity contribution in [2.45, 2.75) is 12.8 Å². The average molecular weight is 285 g/mol. The third kappa shape index (κ3) is 2.46. The summed E-state index contributed by atoms with van der Waals surface area (Å²) in [4.78, 5) is 26.6. The van der Waals surface area contributed by atoms with Gasteiger partial charge in [0.15, 0.2) is 0 Å². The molecule has 0 aliphatic rings. The Kier molecular flexibility index (Phi) is 3.57. The molecule has 0 fully saturated rings. The van der Waals surface area contributed by atoms with Crippen molar-refractivity contribution in [3.8, 4) is 0 Å². The van der Waals surface area contributed by atoms with E-state index in [9.17, 15) is 18.4 Å². The van der Waals surface area contributed by atoms with Gasteiger partial charge in [-0.2, -0.15) is 8.78 Å². The Hall–Kier alpha value is -1.89. The van der Waals surface area contributed by atoms with Crippen LogP contribution in [-0.4, -0.2) is 29.3 Å². The van der Waals surface area contributed by atoms with Crippen molar-refractivity contribution < 1.29 is 23.1 Å². The van der Waals surface area contributed by atoms with Gasteiger partial charge in [-0.15, -0.1) is 11.3 Å². The van der Waals surface area contributed by atoms with Crippen LogP contribution in [0.1, 0.15) is 17.3 Å². The number of carbonyl (C=O) groups is 2. The van der Waals surface area contributed by atoms with Gasteiger partial charge in [-0.1, -0.05) is 0 Å². The molecule has 2 aromatic rings. The van der Waals surface area contributed by atoms with Gasteiger partial charge in [-0.05, 0) is 24.4 Å². The molecule has 0 saturated heterocycles. The zero-order valence-corrected chi connectivity index (χ0v) is 10.7. The first-order valence-electron chi connectivity index (χ1n) is 5.40. The topological polar surface area (TPSA) is 56.3 Å². The van der Waals surface area contributed by atoms with Crippen LogP contribution in [0.25, 0.3) is 10.2 Å². The minimum atomic E-state index is -4.19. The molecule has 0 aromatic carbocycles. The van der Waals surface area contributed by atoms with E-state index in [1.807, 2.05) is 0 Å². The zero-order chi connectivity index (χ0) is 14.0. The van der Waals surface area contributed by atoms with Crippen molar-refractivity contribution in [2.24, 2.45) is 0 Å². The Morgan fingerprint density at radius 1 is 1.47 bits per heavy atom. The van der Waals surface area contributed by atoms with Gasteiger partial charge in [-0.3, -0.25) is 9.78 Å². The van der Waals surface area contributed by atoms with Crippen molar-refractivity contribution in [3.05, 3.63) is 29.3 Å². The Labute approximate surface area is 111 Å². The van der Waals surface area contributed by atoms with Gasteiger partial charge in [0.1, 0.15) is 0 Å². The number of pyridine rings is 1. The zero-order valence-electron chi connectivity index (χ0n) is 9.85. The van der Waals surface area contributed by atoms with Crippen molar-refractivity contribution in [2.75, 3.05) is 6.61 Å². The fourth-order valence-corrected chi connectivity index (χ4v) is 2.25. The predicted molar refractivity (Wildman–Crippen MR) is 65.5 cm³/mol. The van der Waals surface area contributed by atoms with E-state index in [0.717, 1.165) is 6.20 Å². The van der Waals surface area contributed by atoms with Crippen LogP contribution < -0.4 is 0 Å². The molecule has 4 nitrogen and oxygen atoms in total. The SMILES string of the molecule is CCOC(=O)C(F)(F)C(=O)c1cnc2ccsc2c1. The van der Waals surface area contributed by atoms with Gasteiger partial charge in [0.2, 0.25) is 5.78 Å². The van der Waals surface area contributed by atoms with Crippen LogP contribution in [0.4, 0.5) is 8.78 Å². The predicted octanol–water partition coefficient (Wildman–Crippen LogP) is 2.68. The fraction of sp³-hybridized carbons (Fsp3) is 0.250. The first-order valence-corrected chi connectivity index (χ1v) is 6.28. The maximum Gasteiger partial charge on any atom is 0.404 e. The highest BCUT2D eigenvalue weighted by molar-refractivity contribution is 7.17. The molecule has 0 bridgehead atoms. The van der Waals surface area contributed by atoms with E-state index < -0.39 is 17.7 Å². The van der Waals surface area contributed by atoms with Crippen LogP contribution in [0.3, 0.4) is 0 Å². The number of alkyl halides is 2. The number of esters is 1. The van der Waals surface area contributed by atoms with Gasteiger partial charge in [0.05, 0.1) is 16.8 Å². The van der Waals surface area contributed by atoms with Crippen LogP contribution in [-0.2, 0) is 9.53 Å². The van der Waals surface area contributed by atoms with E-state index in [4.69, 9.17) is 0 Å². The number of carbonyl (C=O) groups excluding carboxylic acids is 2. The molecule has 0 saturated carbocycles. The van der Waals surface area contributed by atoms with Crippen LogP contribution in [0.15, 0.2) is 23.7 Å². The molecule has 0 atom stereocenters. The van der Waals surface area contributed by atoms with Gasteiger partial charge >= 0.3 is 11.9 Å². The minimum Gasteiger partial charge on any atom is -0.461 e. The van der Waals surface area contributed by atoms with E-state index >= 15 is 0 Å². The van der Waals surface area contributed by atoms with Gasteiger partial charge < -0.3 is 4.74 Å². The third-order valence-electron chi connectivity index (χ3n) is 2.38. The highest BCUT2D eigenvalue weighted by Gasteiger charge is 2.49. The van der Waals surface area contributed by atoms with Crippen molar-refractivity contribution in [3.63, 3.8) is 0 Å². The summed E-state index contributed by atoms with van der Waals surface area (Å²) in [5, 5.41) is 1.73. The molecular formula is C12H9F2NO3S. The molecule has 0 N–H and O–H groups in total. The molecule has 0 radical (unpaired) electrons. The van der Waals surface area contributed by atoms with E-state index in [0.29, 0.717) is 10.2 Å². The number of hydrogen-bond donors (Lipinski definition) is 0. The first-order chi connectivity index (χ1) is 8.96. The van der Waals surface area contributed by atoms with Gasteiger partial charge in [0, 0.05) is 11.8 Å². The molecule has 7 heteroatoms. The normalized spacial score (nSPS) is 11.5. The minimum absolute atomic E-state index is 0.218. The molecule has 2 rings (SSSR count). The molecule has 0 amide bonds. The first kappa shape index (κ1) is 13.5. The number of halogens is 2. The van der Waals surface area contributed by atoms with E-state index in [2.05, 4.69) is 9.72 Å². The molecule has 0 unspecified atom stereocenters. The maximum atomic E-state index is 13.6. The smallest absolute Gasteiger partial charge is 0.404 e. The number of ketones is 1. The fourth-order valence-electron chi connectivity index (χ4n) is 1.47. The summed E-state index contributed by atoms with van der Waals surface area (Å²) in [6.07, 6.45) is 1.03. The summed E-state index contributed by atoms with van der Waals surface area (Å²) in [6.45, 7) is 1.17. The number of Topliss-reactive ketones (excluding diaryl/α,β-unsaturated/α-hetero) is 1. The van der Waals surface area contributed by atoms with E-state index in [1.165, 1.54) is 24.3 Å². The molecule has 2 heterocycles. The highest BCUT2D eigenvalue weighted by Crippen LogP contribution is 2.25. The monoisotopic (exact) mass is 285 g/mol. The van der Waals surface area contributed by atoms with Crippen molar-refractivity contribution in [1.29, 1.82) is 0 Å². The lowest BCUT2D eigenvalue weighted by molar-refractivity contribution is -0.164. The van der Waals surface area contributed by atoms with E-state index in [1.54, 1.807) is 11.4 Å². The molecule has 0 aliphatic heterocycles. The lowest BCUT2D eigenvalue weighted by atomic mass is 10.1. The average Bonchev–Trinajstić information content (AvgIpc) is 2.85. The third-order valence-corrected chi connectivity index (χ3v) is 3.23. The quantitative estimate of drug-likeness (QED) is 0.492. The second kappa shape index (κ2) is 5.00. The number of fused-ring (bicyclic) bond motifs is 1. The van der Waals surface area contributed by atoms with Crippen molar-refractivity contribution >= 4 is 33.3 Å². The summed E-state index contributed by atoms with van der Waals surface area (Å²) in [6, 6.07) is 3.00. The number of hydrogen-bond acceptors (Lipinski definition) is 5. The molecule has 19 heavy (non-hydrogen) atoms. The maximum absolute atomic E-state index is 13.6. The van der Waals surface area contributed by atoms with Crippen molar-refractivity contribution in [1.82, 2.24) is 4.98 Å². The second-order valence-corrected chi connectivity index (χ2v) is 4.60. The van der Waals surface area contributed by atoms with Gasteiger partial charge in [0.25, 0.3) is 0 Å². The van der Waals surface area contributed by atoms with E-state index in [-0.39, 0.29) is 12.2 Å². The number of ether oxygens (including phenoxy) is 1. The lowest BCUT2D eigenvalue weighted by Gasteiger charge is -2.13. The van der Waals surface area contributed by atoms with Crippen LogP contribution >= 0.6 is 11.3 Å². The molecular weight excluding hydrogens is 276 g/mol. The number of nitrogens with zero attached hydrogens (tertiary/aromatic N) is 1. The summed E-state index contributed by atoms with van der Waals surface area (Å²) >= 11 is 1.27. The van der Waals surface area contributed by atoms with Gasteiger partial charge in [-0.25, -0.2) is 4.79 Å². The standard InChI is InChI=1S/C12H9F2NO3S/c1-2-18-11(17)12(13,14)10(16)7-5-9-8(15-6-7)3-4-19-9/h3-6H,2H2,1H3. The second-order valence-electron chi connectivity index (χ2n) is 3.65. The Bertz CT molecular complexity index is 639. The largest absolute Gasteiger partial charge is 0.461 e. The summed E-state index contributed by atoms with van der Waals surface area (Å²) in [5.41, 5.74) is 0.300. The summed E-state index contributed by atoms with van der Waals surface area (Å²) in [7, 11) is 0. The number of rotatable bonds is 4. The number of aromatic nitrogens is 1. The highest BCUT2D eigenvalue weighted by atomic mass is 32.1. The molecule has 0 aliphatic carbocycles.